The molecule has 4 heteroatoms. The molecule has 10 aromatic rings. The van der Waals surface area contributed by atoms with Gasteiger partial charge in [-0.1, -0.05) is 164 Å². The average molecular weight is 678 g/mol. The number of hydrogen-bond donors (Lipinski definition) is 0. The fourth-order valence-corrected chi connectivity index (χ4v) is 7.46. The van der Waals surface area contributed by atoms with Crippen LogP contribution in [0.4, 0.5) is 0 Å². The molecule has 8 aromatic carbocycles. The van der Waals surface area contributed by atoms with Crippen molar-refractivity contribution in [1.29, 1.82) is 0 Å². The van der Waals surface area contributed by atoms with Crippen molar-refractivity contribution in [1.82, 2.24) is 15.0 Å². The van der Waals surface area contributed by atoms with Crippen LogP contribution in [0, 0.1) is 0 Å². The molecule has 2 heterocycles. The van der Waals surface area contributed by atoms with E-state index in [1.807, 2.05) is 60.7 Å². The first-order valence-electron chi connectivity index (χ1n) is 17.8. The van der Waals surface area contributed by atoms with E-state index in [-0.39, 0.29) is 0 Å². The molecule has 0 spiro atoms. The van der Waals surface area contributed by atoms with Gasteiger partial charge in [0.05, 0.1) is 5.56 Å². The van der Waals surface area contributed by atoms with Gasteiger partial charge in [0.25, 0.3) is 0 Å². The van der Waals surface area contributed by atoms with Gasteiger partial charge in [-0.2, -0.15) is 0 Å². The van der Waals surface area contributed by atoms with Crippen molar-refractivity contribution in [2.24, 2.45) is 0 Å². The molecule has 2 aromatic heterocycles. The van der Waals surface area contributed by atoms with Gasteiger partial charge in [0.1, 0.15) is 11.2 Å². The monoisotopic (exact) mass is 677 g/mol. The lowest BCUT2D eigenvalue weighted by molar-refractivity contribution is 0.669. The number of benzene rings is 8. The van der Waals surface area contributed by atoms with Gasteiger partial charge in [0, 0.05) is 21.9 Å². The van der Waals surface area contributed by atoms with Crippen LogP contribution < -0.4 is 0 Å². The van der Waals surface area contributed by atoms with Crippen molar-refractivity contribution < 1.29 is 4.42 Å². The second kappa shape index (κ2) is 12.9. The van der Waals surface area contributed by atoms with Crippen LogP contribution >= 0.6 is 0 Å². The molecule has 0 saturated heterocycles. The van der Waals surface area contributed by atoms with Gasteiger partial charge < -0.3 is 4.42 Å². The number of fused-ring (bicyclic) bond motifs is 4. The van der Waals surface area contributed by atoms with Gasteiger partial charge >= 0.3 is 0 Å². The van der Waals surface area contributed by atoms with Crippen LogP contribution in [-0.4, -0.2) is 15.0 Å². The Balaban J connectivity index is 1.14. The van der Waals surface area contributed by atoms with Crippen LogP contribution in [0.25, 0.3) is 100 Å². The summed E-state index contributed by atoms with van der Waals surface area (Å²) < 4.78 is 6.44. The fraction of sp³-hybridized carbons (Fsp3) is 0. The van der Waals surface area contributed by atoms with Crippen LogP contribution in [0.2, 0.25) is 0 Å². The summed E-state index contributed by atoms with van der Waals surface area (Å²) in [6.07, 6.45) is 0. The molecule has 0 aliphatic carbocycles. The number of nitrogens with zero attached hydrogens (tertiary/aromatic N) is 3. The topological polar surface area (TPSA) is 51.8 Å². The van der Waals surface area contributed by atoms with Crippen LogP contribution in [-0.2, 0) is 0 Å². The number of rotatable bonds is 6. The highest BCUT2D eigenvalue weighted by molar-refractivity contribution is 6.09. The molecule has 0 aliphatic rings. The molecule has 4 nitrogen and oxygen atoms in total. The minimum absolute atomic E-state index is 0.566. The maximum Gasteiger partial charge on any atom is 0.167 e. The number of para-hydroxylation sites is 2. The van der Waals surface area contributed by atoms with Crippen molar-refractivity contribution in [2.45, 2.75) is 0 Å². The molecule has 0 aliphatic heterocycles. The van der Waals surface area contributed by atoms with E-state index in [2.05, 4.69) is 127 Å². The zero-order chi connectivity index (χ0) is 35.1. The Kier molecular flexibility index (Phi) is 7.43. The Labute approximate surface area is 306 Å². The Morgan fingerprint density at radius 3 is 1.51 bits per heavy atom. The summed E-state index contributed by atoms with van der Waals surface area (Å²) >= 11 is 0. The quantitative estimate of drug-likeness (QED) is 0.176. The summed E-state index contributed by atoms with van der Waals surface area (Å²) in [6, 6.07) is 65.3. The van der Waals surface area contributed by atoms with Crippen molar-refractivity contribution in [3.05, 3.63) is 188 Å². The van der Waals surface area contributed by atoms with Gasteiger partial charge in [0.2, 0.25) is 0 Å². The second-order valence-corrected chi connectivity index (χ2v) is 13.2. The van der Waals surface area contributed by atoms with E-state index in [1.54, 1.807) is 0 Å². The molecule has 0 saturated carbocycles. The molecule has 0 N–H and O–H groups in total. The van der Waals surface area contributed by atoms with Crippen molar-refractivity contribution in [3.63, 3.8) is 0 Å². The zero-order valence-electron chi connectivity index (χ0n) is 28.6. The van der Waals surface area contributed by atoms with Gasteiger partial charge in [-0.3, -0.25) is 0 Å². The first kappa shape index (κ1) is 30.6. The summed E-state index contributed by atoms with van der Waals surface area (Å²) in [5.74, 6) is 1.78. The maximum atomic E-state index is 6.44. The normalized spacial score (nSPS) is 11.4. The lowest BCUT2D eigenvalue weighted by Crippen LogP contribution is -2.01. The molecule has 0 atom stereocenters. The highest BCUT2D eigenvalue weighted by Crippen LogP contribution is 2.40. The first-order chi connectivity index (χ1) is 26.3. The van der Waals surface area contributed by atoms with E-state index < -0.39 is 0 Å². The van der Waals surface area contributed by atoms with E-state index in [0.29, 0.717) is 17.5 Å². The predicted molar refractivity (Wildman–Crippen MR) is 217 cm³/mol. The molecule has 53 heavy (non-hydrogen) atoms. The molecule has 248 valence electrons. The van der Waals surface area contributed by atoms with E-state index in [4.69, 9.17) is 19.4 Å². The van der Waals surface area contributed by atoms with Crippen LogP contribution in [0.3, 0.4) is 0 Å². The lowest BCUT2D eigenvalue weighted by Gasteiger charge is -2.15. The van der Waals surface area contributed by atoms with Gasteiger partial charge in [-0.05, 0) is 68.4 Å². The van der Waals surface area contributed by atoms with E-state index >= 15 is 0 Å². The number of aromatic nitrogens is 3. The number of furan rings is 1. The highest BCUT2D eigenvalue weighted by Gasteiger charge is 2.19. The largest absolute Gasteiger partial charge is 0.455 e. The molecular formula is C49H31N3O. The van der Waals surface area contributed by atoms with Crippen LogP contribution in [0.15, 0.2) is 192 Å². The molecule has 10 rings (SSSR count). The Bertz CT molecular complexity index is 2950. The van der Waals surface area contributed by atoms with Gasteiger partial charge in [0.15, 0.2) is 17.5 Å². The highest BCUT2D eigenvalue weighted by atomic mass is 16.3. The third-order valence-corrected chi connectivity index (χ3v) is 9.97. The minimum atomic E-state index is 0.566. The Hall–Kier alpha value is -7.17. The first-order valence-corrected chi connectivity index (χ1v) is 17.8. The zero-order valence-corrected chi connectivity index (χ0v) is 28.6. The minimum Gasteiger partial charge on any atom is -0.455 e. The maximum absolute atomic E-state index is 6.44. The SMILES string of the molecule is c1ccc(-c2nc(-c3ccc(-c4cccc(-c5ccccc5-c5ccccc5)c4)c4ccccc34)nc(-c3cccc4c3oc3ccccc34)n2)cc1. The number of hydrogen-bond acceptors (Lipinski definition) is 4. The van der Waals surface area contributed by atoms with Crippen molar-refractivity contribution in [3.8, 4) is 67.5 Å². The van der Waals surface area contributed by atoms with E-state index in [0.717, 1.165) is 60.5 Å². The van der Waals surface area contributed by atoms with Crippen LogP contribution in [0.5, 0.6) is 0 Å². The van der Waals surface area contributed by atoms with Gasteiger partial charge in [-0.15, -0.1) is 0 Å². The molecular weight excluding hydrogens is 647 g/mol. The van der Waals surface area contributed by atoms with Crippen molar-refractivity contribution in [2.75, 3.05) is 0 Å². The summed E-state index contributed by atoms with van der Waals surface area (Å²) in [6.45, 7) is 0. The molecule has 0 bridgehead atoms. The summed E-state index contributed by atoms with van der Waals surface area (Å²) in [5.41, 5.74) is 11.4. The summed E-state index contributed by atoms with van der Waals surface area (Å²) in [4.78, 5) is 15.3. The second-order valence-electron chi connectivity index (χ2n) is 13.2. The van der Waals surface area contributed by atoms with Crippen molar-refractivity contribution >= 4 is 32.7 Å². The van der Waals surface area contributed by atoms with Gasteiger partial charge in [-0.25, -0.2) is 15.0 Å². The fourth-order valence-electron chi connectivity index (χ4n) is 7.46. The van der Waals surface area contributed by atoms with E-state index in [9.17, 15) is 0 Å². The predicted octanol–water partition coefficient (Wildman–Crippen LogP) is 12.9. The van der Waals surface area contributed by atoms with E-state index in [1.165, 1.54) is 22.3 Å². The smallest absolute Gasteiger partial charge is 0.167 e. The summed E-state index contributed by atoms with van der Waals surface area (Å²) in [7, 11) is 0. The molecule has 0 fully saturated rings. The Morgan fingerprint density at radius 1 is 0.283 bits per heavy atom. The average Bonchev–Trinajstić information content (AvgIpc) is 3.63. The third kappa shape index (κ3) is 5.45. The molecule has 0 amide bonds. The lowest BCUT2D eigenvalue weighted by atomic mass is 9.90. The Morgan fingerprint density at radius 2 is 0.755 bits per heavy atom. The summed E-state index contributed by atoms with van der Waals surface area (Å²) in [5, 5.41) is 4.29. The van der Waals surface area contributed by atoms with Crippen LogP contribution in [0.1, 0.15) is 0 Å². The standard InChI is InChI=1S/C49H31N3O/c1-3-15-32(16-4-1)36-21-7-8-22-37(36)34-19-13-20-35(31-34)38-29-30-43(40-24-10-9-23-39(38)40)48-50-47(33-17-5-2-6-18-33)51-49(52-48)44-27-14-26-42-41-25-11-12-28-45(41)53-46(42)44/h1-31H. The molecule has 0 radical (unpaired) electrons. The third-order valence-electron chi connectivity index (χ3n) is 9.97. The molecule has 0 unspecified atom stereocenters.